The Morgan fingerprint density at radius 2 is 1.43 bits per heavy atom. The van der Waals surface area contributed by atoms with Gasteiger partial charge in [0.15, 0.2) is 0 Å². The second-order valence-electron chi connectivity index (χ2n) is 12.5. The maximum Gasteiger partial charge on any atom is 0.306 e. The molecule has 0 aromatic heterocycles. The van der Waals surface area contributed by atoms with Gasteiger partial charge < -0.3 is 15.2 Å². The van der Waals surface area contributed by atoms with Crippen molar-refractivity contribution in [3.8, 4) is 5.75 Å². The molecular weight excluding hydrogens is 374 g/mol. The summed E-state index contributed by atoms with van der Waals surface area (Å²) in [4.78, 5) is 12.6. The number of benzene rings is 1. The highest BCUT2D eigenvalue weighted by Gasteiger charge is 2.39. The van der Waals surface area contributed by atoms with E-state index in [1.165, 1.54) is 0 Å². The number of ether oxygens (including phenoxy) is 1. The molecule has 1 saturated heterocycles. The Hall–Kier alpha value is -1.55. The Bertz CT molecular complexity index is 727. The second kappa shape index (κ2) is 8.18. The number of piperidine rings is 1. The number of phenols is 1. The summed E-state index contributed by atoms with van der Waals surface area (Å²) >= 11 is 0. The predicted octanol–water partition coefficient (Wildman–Crippen LogP) is 5.77. The first-order valence-corrected chi connectivity index (χ1v) is 11.3. The molecule has 0 atom stereocenters. The molecule has 0 spiro atoms. The molecule has 170 valence electrons. The highest BCUT2D eigenvalue weighted by Crippen LogP contribution is 2.40. The first-order chi connectivity index (χ1) is 13.4. The standard InChI is InChI=1S/C26H43NO3/c1-23(2,3)19-13-17(14-20(22(19)29)24(4,5)6)11-12-21(28)30-18-15-25(7,8)27-26(9,10)16-18/h13-14,18,27,29H,11-12,15-16H2,1-10H3. The summed E-state index contributed by atoms with van der Waals surface area (Å²) in [5.41, 5.74) is 2.49. The van der Waals surface area contributed by atoms with Crippen LogP contribution in [0.3, 0.4) is 0 Å². The minimum Gasteiger partial charge on any atom is -0.507 e. The number of hydrogen-bond donors (Lipinski definition) is 2. The molecule has 1 aromatic rings. The first-order valence-electron chi connectivity index (χ1n) is 11.3. The normalized spacial score (nSPS) is 19.5. The van der Waals surface area contributed by atoms with E-state index in [4.69, 9.17) is 4.74 Å². The molecule has 4 nitrogen and oxygen atoms in total. The van der Waals surface area contributed by atoms with Crippen molar-refractivity contribution in [3.05, 3.63) is 28.8 Å². The van der Waals surface area contributed by atoms with E-state index in [1.807, 2.05) is 0 Å². The number of rotatable bonds is 4. The lowest BCUT2D eigenvalue weighted by atomic mass is 9.78. The van der Waals surface area contributed by atoms with Crippen LogP contribution in [0.25, 0.3) is 0 Å². The SMILES string of the molecule is CC1(C)CC(OC(=O)CCc2cc(C(C)(C)C)c(O)c(C(C)(C)C)c2)CC(C)(C)N1. The molecule has 1 aliphatic heterocycles. The fourth-order valence-corrected chi connectivity index (χ4v) is 4.79. The van der Waals surface area contributed by atoms with Crippen molar-refractivity contribution in [1.82, 2.24) is 5.32 Å². The number of aryl methyl sites for hydroxylation is 1. The van der Waals surface area contributed by atoms with Crippen molar-refractivity contribution >= 4 is 5.97 Å². The number of carbonyl (C=O) groups excluding carboxylic acids is 1. The zero-order chi connectivity index (χ0) is 23.1. The van der Waals surface area contributed by atoms with Crippen LogP contribution in [0.1, 0.15) is 105 Å². The van der Waals surface area contributed by atoms with Gasteiger partial charge in [-0.1, -0.05) is 53.7 Å². The van der Waals surface area contributed by atoms with Crippen LogP contribution in [0.15, 0.2) is 12.1 Å². The lowest BCUT2D eigenvalue weighted by Gasteiger charge is -2.45. The maximum absolute atomic E-state index is 12.6. The van der Waals surface area contributed by atoms with Crippen LogP contribution >= 0.6 is 0 Å². The molecule has 0 aliphatic carbocycles. The van der Waals surface area contributed by atoms with Gasteiger partial charge in [-0.15, -0.1) is 0 Å². The van der Waals surface area contributed by atoms with Crippen LogP contribution in [-0.4, -0.2) is 28.3 Å². The molecular formula is C26H43NO3. The quantitative estimate of drug-likeness (QED) is 0.610. The molecule has 4 heteroatoms. The molecule has 1 fully saturated rings. The van der Waals surface area contributed by atoms with Gasteiger partial charge in [-0.05, 0) is 61.6 Å². The van der Waals surface area contributed by atoms with Crippen LogP contribution in [0.2, 0.25) is 0 Å². The molecule has 0 saturated carbocycles. The molecule has 2 N–H and O–H groups in total. The molecule has 0 unspecified atom stereocenters. The van der Waals surface area contributed by atoms with E-state index >= 15 is 0 Å². The molecule has 30 heavy (non-hydrogen) atoms. The van der Waals surface area contributed by atoms with E-state index in [0.717, 1.165) is 29.5 Å². The Morgan fingerprint density at radius 1 is 1.00 bits per heavy atom. The first kappa shape index (κ1) is 24.7. The van der Waals surface area contributed by atoms with Gasteiger partial charge in [0, 0.05) is 30.3 Å². The third kappa shape index (κ3) is 6.47. The summed E-state index contributed by atoms with van der Waals surface area (Å²) in [5, 5.41) is 14.5. The van der Waals surface area contributed by atoms with Gasteiger partial charge in [-0.3, -0.25) is 4.79 Å². The highest BCUT2D eigenvalue weighted by molar-refractivity contribution is 5.70. The summed E-state index contributed by atoms with van der Waals surface area (Å²) in [6.45, 7) is 21.3. The van der Waals surface area contributed by atoms with Gasteiger partial charge in [-0.2, -0.15) is 0 Å². The topological polar surface area (TPSA) is 58.6 Å². The minimum atomic E-state index is -0.174. The van der Waals surface area contributed by atoms with E-state index in [-0.39, 0.29) is 34.0 Å². The monoisotopic (exact) mass is 417 g/mol. The van der Waals surface area contributed by atoms with Crippen LogP contribution in [0.4, 0.5) is 0 Å². The van der Waals surface area contributed by atoms with Crippen molar-refractivity contribution in [2.24, 2.45) is 0 Å². The smallest absolute Gasteiger partial charge is 0.306 e. The maximum atomic E-state index is 12.6. The Kier molecular flexibility index (Phi) is 6.74. The fourth-order valence-electron chi connectivity index (χ4n) is 4.79. The van der Waals surface area contributed by atoms with Crippen LogP contribution < -0.4 is 5.32 Å². The third-order valence-electron chi connectivity index (χ3n) is 5.85. The van der Waals surface area contributed by atoms with Crippen molar-refractivity contribution in [3.63, 3.8) is 0 Å². The third-order valence-corrected chi connectivity index (χ3v) is 5.85. The number of aromatic hydroxyl groups is 1. The van der Waals surface area contributed by atoms with Crippen molar-refractivity contribution in [2.45, 2.75) is 123 Å². The molecule has 1 heterocycles. The molecule has 0 bridgehead atoms. The lowest BCUT2D eigenvalue weighted by molar-refractivity contribution is -0.153. The van der Waals surface area contributed by atoms with Gasteiger partial charge >= 0.3 is 5.97 Å². The van der Waals surface area contributed by atoms with Gasteiger partial charge in [0.1, 0.15) is 11.9 Å². The number of nitrogens with one attached hydrogen (secondary N) is 1. The highest BCUT2D eigenvalue weighted by atomic mass is 16.5. The zero-order valence-corrected chi connectivity index (χ0v) is 20.8. The second-order valence-corrected chi connectivity index (χ2v) is 12.5. The average Bonchev–Trinajstić information content (AvgIpc) is 2.48. The average molecular weight is 418 g/mol. The van der Waals surface area contributed by atoms with E-state index in [0.29, 0.717) is 18.6 Å². The fraction of sp³-hybridized carbons (Fsp3) is 0.731. The van der Waals surface area contributed by atoms with E-state index in [9.17, 15) is 9.90 Å². The number of carbonyl (C=O) groups is 1. The number of hydrogen-bond acceptors (Lipinski definition) is 4. The van der Waals surface area contributed by atoms with Gasteiger partial charge in [0.05, 0.1) is 0 Å². The summed E-state index contributed by atoms with van der Waals surface area (Å²) in [5.74, 6) is 0.233. The van der Waals surface area contributed by atoms with E-state index < -0.39 is 0 Å². The molecule has 2 rings (SSSR count). The summed E-state index contributed by atoms with van der Waals surface area (Å²) in [6.07, 6.45) is 2.55. The summed E-state index contributed by atoms with van der Waals surface area (Å²) < 4.78 is 5.87. The largest absolute Gasteiger partial charge is 0.507 e. The van der Waals surface area contributed by atoms with Crippen LogP contribution in [-0.2, 0) is 26.8 Å². The van der Waals surface area contributed by atoms with E-state index in [1.54, 1.807) is 0 Å². The molecule has 1 aliphatic rings. The van der Waals surface area contributed by atoms with Gasteiger partial charge in [0.25, 0.3) is 0 Å². The van der Waals surface area contributed by atoms with Gasteiger partial charge in [0.2, 0.25) is 0 Å². The lowest BCUT2D eigenvalue weighted by Crippen LogP contribution is -2.59. The minimum absolute atomic E-state index is 0.0487. The molecule has 1 aromatic carbocycles. The van der Waals surface area contributed by atoms with Gasteiger partial charge in [-0.25, -0.2) is 0 Å². The summed E-state index contributed by atoms with van der Waals surface area (Å²) in [7, 11) is 0. The summed E-state index contributed by atoms with van der Waals surface area (Å²) in [6, 6.07) is 4.10. The zero-order valence-electron chi connectivity index (χ0n) is 20.8. The Morgan fingerprint density at radius 3 is 1.83 bits per heavy atom. The van der Waals surface area contributed by atoms with Crippen LogP contribution in [0, 0.1) is 0 Å². The number of phenolic OH excluding ortho intramolecular Hbond substituents is 1. The molecule has 0 radical (unpaired) electrons. The predicted molar refractivity (Wildman–Crippen MR) is 124 cm³/mol. The van der Waals surface area contributed by atoms with E-state index in [2.05, 4.69) is 86.7 Å². The Labute approximate surface area is 183 Å². The Balaban J connectivity index is 2.14. The van der Waals surface area contributed by atoms with Crippen molar-refractivity contribution in [2.75, 3.05) is 0 Å². The number of esters is 1. The van der Waals surface area contributed by atoms with Crippen molar-refractivity contribution in [1.29, 1.82) is 0 Å². The molecule has 0 amide bonds. The van der Waals surface area contributed by atoms with Crippen LogP contribution in [0.5, 0.6) is 5.75 Å². The van der Waals surface area contributed by atoms with Crippen molar-refractivity contribution < 1.29 is 14.6 Å².